The first-order valence-electron chi connectivity index (χ1n) is 7.04. The lowest BCUT2D eigenvalue weighted by Gasteiger charge is -2.10. The monoisotopic (exact) mass is 309 g/mol. The largest absolute Gasteiger partial charge is 0.496 e. The van der Waals surface area contributed by atoms with Crippen molar-refractivity contribution in [3.8, 4) is 23.1 Å². The Labute approximate surface area is 133 Å². The molecule has 7 heteroatoms. The highest BCUT2D eigenvalue weighted by Crippen LogP contribution is 2.31. The zero-order valence-corrected chi connectivity index (χ0v) is 13.1. The van der Waals surface area contributed by atoms with Gasteiger partial charge in [0, 0.05) is 11.1 Å². The van der Waals surface area contributed by atoms with Crippen LogP contribution in [0.15, 0.2) is 28.8 Å². The summed E-state index contributed by atoms with van der Waals surface area (Å²) < 4.78 is 12.3. The van der Waals surface area contributed by atoms with Crippen molar-refractivity contribution in [2.45, 2.75) is 20.4 Å². The summed E-state index contributed by atoms with van der Waals surface area (Å²) in [6, 6.07) is 9.55. The fraction of sp³-hybridized carbons (Fsp3) is 0.250. The zero-order valence-electron chi connectivity index (χ0n) is 13.1. The summed E-state index contributed by atoms with van der Waals surface area (Å²) in [5, 5.41) is 21.4. The molecule has 0 saturated carbocycles. The number of hydrogen-bond donors (Lipinski definition) is 0. The Bertz CT molecular complexity index is 869. The van der Waals surface area contributed by atoms with Crippen molar-refractivity contribution >= 4 is 0 Å². The molecule has 1 aromatic carbocycles. The summed E-state index contributed by atoms with van der Waals surface area (Å²) in [6.07, 6.45) is 0. The Hall–Kier alpha value is -3.14. The van der Waals surface area contributed by atoms with Gasteiger partial charge in [0.25, 0.3) is 0 Å². The van der Waals surface area contributed by atoms with E-state index >= 15 is 0 Å². The van der Waals surface area contributed by atoms with E-state index in [-0.39, 0.29) is 5.69 Å². The second-order valence-corrected chi connectivity index (χ2v) is 5.06. The molecular weight excluding hydrogens is 294 g/mol. The Kier molecular flexibility index (Phi) is 3.81. The minimum Gasteiger partial charge on any atom is -0.496 e. The lowest BCUT2D eigenvalue weighted by molar-refractivity contribution is 0.391. The van der Waals surface area contributed by atoms with Crippen LogP contribution < -0.4 is 4.74 Å². The molecule has 0 N–H and O–H groups in total. The molecule has 7 nitrogen and oxygen atoms in total. The van der Waals surface area contributed by atoms with Crippen LogP contribution in [0.1, 0.15) is 22.7 Å². The summed E-state index contributed by atoms with van der Waals surface area (Å²) in [5.41, 5.74) is 3.35. The van der Waals surface area contributed by atoms with Gasteiger partial charge in [0.1, 0.15) is 23.3 Å². The molecule has 0 spiro atoms. The number of rotatable bonds is 4. The molecule has 3 aromatic rings. The first kappa shape index (κ1) is 14.8. The van der Waals surface area contributed by atoms with Gasteiger partial charge in [-0.3, -0.25) is 0 Å². The van der Waals surface area contributed by atoms with Gasteiger partial charge in [0.05, 0.1) is 19.3 Å². The Morgan fingerprint density at radius 3 is 2.74 bits per heavy atom. The molecule has 3 rings (SSSR count). The van der Waals surface area contributed by atoms with Gasteiger partial charge in [-0.2, -0.15) is 5.26 Å². The fourth-order valence-electron chi connectivity index (χ4n) is 2.48. The maximum absolute atomic E-state index is 9.35. The topological polar surface area (TPSA) is 89.8 Å². The van der Waals surface area contributed by atoms with Gasteiger partial charge < -0.3 is 9.26 Å². The van der Waals surface area contributed by atoms with E-state index in [0.717, 1.165) is 22.6 Å². The number of aromatic nitrogens is 4. The number of methoxy groups -OCH3 is 1. The minimum atomic E-state index is 0.251. The summed E-state index contributed by atoms with van der Waals surface area (Å²) >= 11 is 0. The van der Waals surface area contributed by atoms with E-state index in [4.69, 9.17) is 9.26 Å². The summed E-state index contributed by atoms with van der Waals surface area (Å²) in [5.74, 6) is 1.38. The molecule has 2 aromatic heterocycles. The molecule has 0 bridgehead atoms. The summed E-state index contributed by atoms with van der Waals surface area (Å²) in [6.45, 7) is 4.14. The average molecular weight is 309 g/mol. The summed E-state index contributed by atoms with van der Waals surface area (Å²) in [7, 11) is 1.59. The first-order chi connectivity index (χ1) is 11.2. The molecule has 0 saturated heterocycles. The van der Waals surface area contributed by atoms with Crippen LogP contribution in [-0.2, 0) is 6.54 Å². The van der Waals surface area contributed by atoms with Crippen molar-refractivity contribution < 1.29 is 9.26 Å². The van der Waals surface area contributed by atoms with E-state index in [0.29, 0.717) is 18.0 Å². The lowest BCUT2D eigenvalue weighted by atomic mass is 10.1. The smallest absolute Gasteiger partial charge is 0.190 e. The second kappa shape index (κ2) is 5.93. The molecule has 0 aliphatic heterocycles. The van der Waals surface area contributed by atoms with Gasteiger partial charge in [0.15, 0.2) is 5.69 Å². The van der Waals surface area contributed by atoms with Crippen LogP contribution in [0.2, 0.25) is 0 Å². The standard InChI is InChI=1S/C16H15N5O2/c1-10-13(11(2)23-19-10)9-21-16(14(8-17)18-20-21)12-6-4-5-7-15(12)22-3/h4-7H,9H2,1-3H3. The number of para-hydroxylation sites is 1. The van der Waals surface area contributed by atoms with Gasteiger partial charge in [-0.1, -0.05) is 22.5 Å². The highest BCUT2D eigenvalue weighted by Gasteiger charge is 2.20. The molecule has 0 radical (unpaired) electrons. The van der Waals surface area contributed by atoms with Crippen molar-refractivity contribution in [3.63, 3.8) is 0 Å². The number of hydrogen-bond acceptors (Lipinski definition) is 6. The minimum absolute atomic E-state index is 0.251. The van der Waals surface area contributed by atoms with Crippen molar-refractivity contribution in [1.82, 2.24) is 20.2 Å². The van der Waals surface area contributed by atoms with Crippen molar-refractivity contribution in [3.05, 3.63) is 47.0 Å². The molecule has 0 fully saturated rings. The van der Waals surface area contributed by atoms with Gasteiger partial charge in [-0.25, -0.2) is 4.68 Å². The molecule has 0 aliphatic carbocycles. The SMILES string of the molecule is COc1ccccc1-c1c(C#N)nnn1Cc1c(C)noc1C. The second-order valence-electron chi connectivity index (χ2n) is 5.06. The van der Waals surface area contributed by atoms with Gasteiger partial charge in [-0.05, 0) is 26.0 Å². The number of nitrogens with zero attached hydrogens (tertiary/aromatic N) is 5. The highest BCUT2D eigenvalue weighted by molar-refractivity contribution is 5.71. The lowest BCUT2D eigenvalue weighted by Crippen LogP contribution is -2.06. The first-order valence-corrected chi connectivity index (χ1v) is 7.04. The van der Waals surface area contributed by atoms with Crippen LogP contribution in [0.3, 0.4) is 0 Å². The normalized spacial score (nSPS) is 10.5. The van der Waals surface area contributed by atoms with Crippen molar-refractivity contribution in [1.29, 1.82) is 5.26 Å². The van der Waals surface area contributed by atoms with Crippen LogP contribution in [0.25, 0.3) is 11.3 Å². The van der Waals surface area contributed by atoms with E-state index in [1.54, 1.807) is 11.8 Å². The van der Waals surface area contributed by atoms with Gasteiger partial charge in [0.2, 0.25) is 0 Å². The van der Waals surface area contributed by atoms with Crippen LogP contribution in [0, 0.1) is 25.2 Å². The van der Waals surface area contributed by atoms with Crippen LogP contribution in [0.4, 0.5) is 0 Å². The van der Waals surface area contributed by atoms with E-state index < -0.39 is 0 Å². The molecule has 0 atom stereocenters. The maximum Gasteiger partial charge on any atom is 0.190 e. The van der Waals surface area contributed by atoms with Crippen LogP contribution >= 0.6 is 0 Å². The third-order valence-corrected chi connectivity index (χ3v) is 3.69. The zero-order chi connectivity index (χ0) is 16.4. The molecule has 0 unspecified atom stereocenters. The highest BCUT2D eigenvalue weighted by atomic mass is 16.5. The van der Waals surface area contributed by atoms with E-state index in [1.165, 1.54) is 0 Å². The van der Waals surface area contributed by atoms with Crippen LogP contribution in [-0.4, -0.2) is 27.3 Å². The average Bonchev–Trinajstić information content (AvgIpc) is 3.12. The van der Waals surface area contributed by atoms with E-state index in [2.05, 4.69) is 21.5 Å². The number of aryl methyl sites for hydroxylation is 2. The molecule has 23 heavy (non-hydrogen) atoms. The van der Waals surface area contributed by atoms with E-state index in [1.807, 2.05) is 38.1 Å². The number of nitriles is 1. The Balaban J connectivity index is 2.14. The number of ether oxygens (including phenoxy) is 1. The predicted molar refractivity (Wildman–Crippen MR) is 81.8 cm³/mol. The van der Waals surface area contributed by atoms with Crippen molar-refractivity contribution in [2.75, 3.05) is 7.11 Å². The van der Waals surface area contributed by atoms with Gasteiger partial charge >= 0.3 is 0 Å². The molecule has 0 aliphatic rings. The third kappa shape index (κ3) is 2.55. The third-order valence-electron chi connectivity index (χ3n) is 3.69. The molecular formula is C16H15N5O2. The Morgan fingerprint density at radius 1 is 1.30 bits per heavy atom. The molecule has 2 heterocycles. The summed E-state index contributed by atoms with van der Waals surface area (Å²) in [4.78, 5) is 0. The van der Waals surface area contributed by atoms with E-state index in [9.17, 15) is 5.26 Å². The maximum atomic E-state index is 9.35. The molecule has 116 valence electrons. The number of benzene rings is 1. The Morgan fingerprint density at radius 2 is 2.09 bits per heavy atom. The predicted octanol–water partition coefficient (Wildman–Crippen LogP) is 2.48. The molecule has 0 amide bonds. The van der Waals surface area contributed by atoms with Gasteiger partial charge in [-0.15, -0.1) is 5.10 Å². The fourth-order valence-corrected chi connectivity index (χ4v) is 2.48. The quantitative estimate of drug-likeness (QED) is 0.735. The van der Waals surface area contributed by atoms with Crippen molar-refractivity contribution in [2.24, 2.45) is 0 Å². The van der Waals surface area contributed by atoms with Crippen LogP contribution in [0.5, 0.6) is 5.75 Å².